The van der Waals surface area contributed by atoms with Gasteiger partial charge in [0.25, 0.3) is 0 Å². The zero-order chi connectivity index (χ0) is 14.9. The van der Waals surface area contributed by atoms with Gasteiger partial charge in [0, 0.05) is 6.04 Å². The molecule has 110 valence electrons. The Morgan fingerprint density at radius 3 is 2.71 bits per heavy atom. The number of ether oxygens (including phenoxy) is 1. The van der Waals surface area contributed by atoms with E-state index in [1.807, 2.05) is 42.5 Å². The van der Waals surface area contributed by atoms with Gasteiger partial charge in [-0.05, 0) is 42.5 Å². The molecule has 0 fully saturated rings. The van der Waals surface area contributed by atoms with E-state index in [-0.39, 0.29) is 12.6 Å². The van der Waals surface area contributed by atoms with Crippen LogP contribution in [-0.2, 0) is 12.0 Å². The molecule has 2 aromatic rings. The van der Waals surface area contributed by atoms with Crippen molar-refractivity contribution >= 4 is 0 Å². The molecule has 0 amide bonds. The molecule has 0 aliphatic heterocycles. The summed E-state index contributed by atoms with van der Waals surface area (Å²) in [5.74, 6) is 0.844. The number of fused-ring (bicyclic) bond motifs is 1. The Kier molecular flexibility index (Phi) is 3.70. The van der Waals surface area contributed by atoms with Crippen LogP contribution >= 0.6 is 0 Å². The predicted octanol–water partition coefficient (Wildman–Crippen LogP) is 2.92. The van der Waals surface area contributed by atoms with Gasteiger partial charge < -0.3 is 15.6 Å². The highest BCUT2D eigenvalue weighted by atomic mass is 16.5. The summed E-state index contributed by atoms with van der Waals surface area (Å²) in [6.45, 7) is 2.00. The lowest BCUT2D eigenvalue weighted by Crippen LogP contribution is -2.29. The van der Waals surface area contributed by atoms with E-state index in [0.29, 0.717) is 0 Å². The summed E-state index contributed by atoms with van der Waals surface area (Å²) in [4.78, 5) is 0. The molecule has 0 bridgehead atoms. The van der Waals surface area contributed by atoms with E-state index in [2.05, 4.69) is 6.07 Å². The molecule has 0 aromatic heterocycles. The lowest BCUT2D eigenvalue weighted by atomic mass is 9.97. The molecule has 0 saturated carbocycles. The highest BCUT2D eigenvalue weighted by Gasteiger charge is 2.26. The van der Waals surface area contributed by atoms with Crippen LogP contribution in [0.25, 0.3) is 0 Å². The molecule has 21 heavy (non-hydrogen) atoms. The van der Waals surface area contributed by atoms with E-state index in [4.69, 9.17) is 10.5 Å². The standard InChI is InChI=1S/C18H21NO2/c1-18(20,13-6-3-2-4-7-13)12-21-17-9-5-8-14-15(17)10-11-16(14)19/h2-9,16,20H,10-12,19H2,1H3. The van der Waals surface area contributed by atoms with Crippen molar-refractivity contribution in [2.24, 2.45) is 5.73 Å². The largest absolute Gasteiger partial charge is 0.490 e. The van der Waals surface area contributed by atoms with E-state index in [9.17, 15) is 5.11 Å². The maximum absolute atomic E-state index is 10.6. The first kappa shape index (κ1) is 14.1. The highest BCUT2D eigenvalue weighted by molar-refractivity contribution is 5.45. The minimum absolute atomic E-state index is 0.109. The minimum Gasteiger partial charge on any atom is -0.490 e. The van der Waals surface area contributed by atoms with Crippen LogP contribution < -0.4 is 10.5 Å². The Balaban J connectivity index is 1.77. The zero-order valence-electron chi connectivity index (χ0n) is 12.3. The lowest BCUT2D eigenvalue weighted by molar-refractivity contribution is 0.00733. The zero-order valence-corrected chi connectivity index (χ0v) is 12.3. The number of hydrogen-bond acceptors (Lipinski definition) is 3. The van der Waals surface area contributed by atoms with Crippen LogP contribution in [0.1, 0.15) is 36.1 Å². The Labute approximate surface area is 125 Å². The summed E-state index contributed by atoms with van der Waals surface area (Å²) in [7, 11) is 0. The van der Waals surface area contributed by atoms with Crippen molar-refractivity contribution < 1.29 is 9.84 Å². The van der Waals surface area contributed by atoms with Crippen molar-refractivity contribution in [2.75, 3.05) is 6.61 Å². The second-order valence-electron chi connectivity index (χ2n) is 5.90. The predicted molar refractivity (Wildman–Crippen MR) is 83.2 cm³/mol. The van der Waals surface area contributed by atoms with Gasteiger partial charge in [-0.1, -0.05) is 42.5 Å². The molecule has 2 atom stereocenters. The molecule has 3 nitrogen and oxygen atoms in total. The van der Waals surface area contributed by atoms with E-state index in [1.54, 1.807) is 6.92 Å². The third-order valence-electron chi connectivity index (χ3n) is 4.18. The first-order valence-electron chi connectivity index (χ1n) is 7.36. The summed E-state index contributed by atoms with van der Waals surface area (Å²) >= 11 is 0. The van der Waals surface area contributed by atoms with Crippen LogP contribution in [-0.4, -0.2) is 11.7 Å². The Morgan fingerprint density at radius 2 is 1.95 bits per heavy atom. The SMILES string of the molecule is CC(O)(COc1cccc2c1CCC2N)c1ccccc1. The minimum atomic E-state index is -1.01. The van der Waals surface area contributed by atoms with Crippen molar-refractivity contribution in [3.05, 3.63) is 65.2 Å². The number of nitrogens with two attached hydrogens (primary N) is 1. The van der Waals surface area contributed by atoms with E-state index in [0.717, 1.165) is 24.2 Å². The van der Waals surface area contributed by atoms with E-state index < -0.39 is 5.60 Å². The van der Waals surface area contributed by atoms with Gasteiger partial charge in [0.1, 0.15) is 18.0 Å². The van der Waals surface area contributed by atoms with Crippen LogP contribution in [0, 0.1) is 0 Å². The average Bonchev–Trinajstić information content (AvgIpc) is 2.88. The maximum atomic E-state index is 10.6. The van der Waals surface area contributed by atoms with Crippen molar-refractivity contribution in [2.45, 2.75) is 31.4 Å². The van der Waals surface area contributed by atoms with Gasteiger partial charge in [-0.15, -0.1) is 0 Å². The van der Waals surface area contributed by atoms with Gasteiger partial charge >= 0.3 is 0 Å². The van der Waals surface area contributed by atoms with Crippen molar-refractivity contribution in [3.63, 3.8) is 0 Å². The molecule has 2 aromatic carbocycles. The summed E-state index contributed by atoms with van der Waals surface area (Å²) in [5, 5.41) is 10.6. The molecular weight excluding hydrogens is 262 g/mol. The second-order valence-corrected chi connectivity index (χ2v) is 5.90. The van der Waals surface area contributed by atoms with Crippen LogP contribution in [0.3, 0.4) is 0 Å². The quantitative estimate of drug-likeness (QED) is 0.907. The number of aliphatic hydroxyl groups is 1. The molecule has 3 heteroatoms. The van der Waals surface area contributed by atoms with Crippen LogP contribution in [0.2, 0.25) is 0 Å². The Morgan fingerprint density at radius 1 is 1.19 bits per heavy atom. The second kappa shape index (κ2) is 5.51. The van der Waals surface area contributed by atoms with Gasteiger partial charge in [0.2, 0.25) is 0 Å². The highest BCUT2D eigenvalue weighted by Crippen LogP contribution is 2.36. The average molecular weight is 283 g/mol. The van der Waals surface area contributed by atoms with Crippen molar-refractivity contribution in [3.8, 4) is 5.75 Å². The molecule has 0 spiro atoms. The topological polar surface area (TPSA) is 55.5 Å². The van der Waals surface area contributed by atoms with Gasteiger partial charge in [-0.25, -0.2) is 0 Å². The van der Waals surface area contributed by atoms with Gasteiger partial charge in [0.15, 0.2) is 0 Å². The van der Waals surface area contributed by atoms with Crippen LogP contribution in [0.5, 0.6) is 5.75 Å². The molecular formula is C18H21NO2. The van der Waals surface area contributed by atoms with Crippen LogP contribution in [0.15, 0.2) is 48.5 Å². The van der Waals surface area contributed by atoms with E-state index >= 15 is 0 Å². The summed E-state index contributed by atoms with van der Waals surface area (Å²) < 4.78 is 5.91. The first-order valence-corrected chi connectivity index (χ1v) is 7.36. The number of rotatable bonds is 4. The van der Waals surface area contributed by atoms with Crippen molar-refractivity contribution in [1.29, 1.82) is 0 Å². The third-order valence-corrected chi connectivity index (χ3v) is 4.18. The monoisotopic (exact) mass is 283 g/mol. The van der Waals surface area contributed by atoms with Gasteiger partial charge in [-0.3, -0.25) is 0 Å². The molecule has 2 unspecified atom stereocenters. The fraction of sp³-hybridized carbons (Fsp3) is 0.333. The molecule has 0 saturated heterocycles. The smallest absolute Gasteiger partial charge is 0.122 e. The fourth-order valence-corrected chi connectivity index (χ4v) is 2.89. The number of hydrogen-bond donors (Lipinski definition) is 2. The molecule has 3 rings (SSSR count). The van der Waals surface area contributed by atoms with Crippen LogP contribution in [0.4, 0.5) is 0 Å². The Hall–Kier alpha value is -1.84. The molecule has 1 aliphatic carbocycles. The third kappa shape index (κ3) is 2.80. The van der Waals surface area contributed by atoms with Gasteiger partial charge in [-0.2, -0.15) is 0 Å². The first-order chi connectivity index (χ1) is 10.1. The van der Waals surface area contributed by atoms with Crippen molar-refractivity contribution in [1.82, 2.24) is 0 Å². The summed E-state index contributed by atoms with van der Waals surface area (Å²) in [5.41, 5.74) is 8.29. The fourth-order valence-electron chi connectivity index (χ4n) is 2.89. The molecule has 0 radical (unpaired) electrons. The van der Waals surface area contributed by atoms with E-state index in [1.165, 1.54) is 11.1 Å². The number of benzene rings is 2. The lowest BCUT2D eigenvalue weighted by Gasteiger charge is -2.24. The maximum Gasteiger partial charge on any atom is 0.122 e. The molecule has 0 heterocycles. The molecule has 1 aliphatic rings. The molecule has 3 N–H and O–H groups in total. The normalized spacial score (nSPS) is 19.9. The summed E-state index contributed by atoms with van der Waals surface area (Å²) in [6, 6.07) is 15.7. The summed E-state index contributed by atoms with van der Waals surface area (Å²) in [6.07, 6.45) is 1.91. The Bertz CT molecular complexity index is 622. The van der Waals surface area contributed by atoms with Gasteiger partial charge in [0.05, 0.1) is 0 Å².